The van der Waals surface area contributed by atoms with E-state index < -0.39 is 0 Å². The maximum atomic E-state index is 9.04. The van der Waals surface area contributed by atoms with Gasteiger partial charge in [0, 0.05) is 13.2 Å². The van der Waals surface area contributed by atoms with E-state index in [1.54, 1.807) is 0 Å². The predicted molar refractivity (Wildman–Crippen MR) is 46.4 cm³/mol. The molecule has 1 fully saturated rings. The summed E-state index contributed by atoms with van der Waals surface area (Å²) >= 11 is 0. The largest absolute Gasteiger partial charge is 0.396 e. The monoisotopic (exact) mass is 168 g/mol. The molecule has 0 aromatic heterocycles. The van der Waals surface area contributed by atoms with Gasteiger partial charge < -0.3 is 10.4 Å². The van der Waals surface area contributed by atoms with Gasteiger partial charge in [-0.2, -0.15) is 5.26 Å². The standard InChI is InChI=1S/C9H16N2O/c1-8(5-12)9(6-10)3-2-4-11-7-9/h8,11-12H,2-5,7H2,1H3. The molecule has 2 atom stereocenters. The average Bonchev–Trinajstić information content (AvgIpc) is 2.17. The highest BCUT2D eigenvalue weighted by atomic mass is 16.3. The Labute approximate surface area is 73.4 Å². The molecule has 2 unspecified atom stereocenters. The van der Waals surface area contributed by atoms with Crippen molar-refractivity contribution < 1.29 is 5.11 Å². The molecule has 12 heavy (non-hydrogen) atoms. The molecule has 3 nitrogen and oxygen atoms in total. The summed E-state index contributed by atoms with van der Waals surface area (Å²) < 4.78 is 0. The van der Waals surface area contributed by atoms with Gasteiger partial charge in [-0.15, -0.1) is 0 Å². The molecule has 2 N–H and O–H groups in total. The number of piperidine rings is 1. The van der Waals surface area contributed by atoms with Gasteiger partial charge in [-0.1, -0.05) is 6.92 Å². The van der Waals surface area contributed by atoms with Crippen LogP contribution in [0.1, 0.15) is 19.8 Å². The summed E-state index contributed by atoms with van der Waals surface area (Å²) in [5, 5.41) is 21.3. The van der Waals surface area contributed by atoms with E-state index in [2.05, 4.69) is 11.4 Å². The fraction of sp³-hybridized carbons (Fsp3) is 0.889. The molecular weight excluding hydrogens is 152 g/mol. The molecule has 0 aromatic rings. The highest BCUT2D eigenvalue weighted by Gasteiger charge is 2.37. The van der Waals surface area contributed by atoms with Crippen molar-refractivity contribution in [2.75, 3.05) is 19.7 Å². The van der Waals surface area contributed by atoms with Crippen LogP contribution < -0.4 is 5.32 Å². The van der Waals surface area contributed by atoms with E-state index in [1.165, 1.54) is 0 Å². The van der Waals surface area contributed by atoms with Gasteiger partial charge in [-0.3, -0.25) is 0 Å². The second-order valence-corrected chi connectivity index (χ2v) is 3.63. The van der Waals surface area contributed by atoms with Gasteiger partial charge in [0.1, 0.15) is 0 Å². The summed E-state index contributed by atoms with van der Waals surface area (Å²) in [6, 6.07) is 2.35. The molecule has 0 spiro atoms. The van der Waals surface area contributed by atoms with Crippen LogP contribution in [-0.4, -0.2) is 24.8 Å². The van der Waals surface area contributed by atoms with Crippen LogP contribution in [0.25, 0.3) is 0 Å². The van der Waals surface area contributed by atoms with Crippen molar-refractivity contribution in [3.05, 3.63) is 0 Å². The number of nitriles is 1. The van der Waals surface area contributed by atoms with Crippen LogP contribution in [-0.2, 0) is 0 Å². The molecule has 1 saturated heterocycles. The summed E-state index contributed by atoms with van der Waals surface area (Å²) in [6.45, 7) is 3.78. The van der Waals surface area contributed by atoms with Gasteiger partial charge >= 0.3 is 0 Å². The Hall–Kier alpha value is -0.590. The summed E-state index contributed by atoms with van der Waals surface area (Å²) in [7, 11) is 0. The van der Waals surface area contributed by atoms with E-state index in [1.807, 2.05) is 6.92 Å². The van der Waals surface area contributed by atoms with Gasteiger partial charge in [-0.05, 0) is 25.3 Å². The lowest BCUT2D eigenvalue weighted by Gasteiger charge is -2.35. The topological polar surface area (TPSA) is 56.0 Å². The third kappa shape index (κ3) is 1.60. The maximum absolute atomic E-state index is 9.04. The first-order chi connectivity index (χ1) is 5.75. The van der Waals surface area contributed by atoms with Crippen LogP contribution in [0.2, 0.25) is 0 Å². The zero-order valence-corrected chi connectivity index (χ0v) is 7.51. The van der Waals surface area contributed by atoms with Crippen molar-refractivity contribution in [1.82, 2.24) is 5.32 Å². The van der Waals surface area contributed by atoms with Gasteiger partial charge in [0.25, 0.3) is 0 Å². The van der Waals surface area contributed by atoms with E-state index in [0.29, 0.717) is 0 Å². The van der Waals surface area contributed by atoms with E-state index in [4.69, 9.17) is 10.4 Å². The third-order valence-electron chi connectivity index (χ3n) is 2.86. The minimum atomic E-state index is -0.326. The Bertz CT molecular complexity index is 179. The zero-order chi connectivity index (χ0) is 9.03. The van der Waals surface area contributed by atoms with Crippen LogP contribution in [0.15, 0.2) is 0 Å². The molecule has 0 saturated carbocycles. The Morgan fingerprint density at radius 1 is 1.75 bits per heavy atom. The number of hydrogen-bond acceptors (Lipinski definition) is 3. The second-order valence-electron chi connectivity index (χ2n) is 3.63. The van der Waals surface area contributed by atoms with Crippen molar-refractivity contribution in [3.8, 4) is 6.07 Å². The van der Waals surface area contributed by atoms with Crippen molar-refractivity contribution in [2.45, 2.75) is 19.8 Å². The predicted octanol–water partition coefficient (Wildman–Crippen LogP) is 0.508. The van der Waals surface area contributed by atoms with E-state index in [-0.39, 0.29) is 17.9 Å². The first kappa shape index (κ1) is 9.50. The molecule has 68 valence electrons. The number of nitrogens with zero attached hydrogens (tertiary/aromatic N) is 1. The number of nitrogens with one attached hydrogen (secondary N) is 1. The third-order valence-corrected chi connectivity index (χ3v) is 2.86. The number of aliphatic hydroxyl groups is 1. The van der Waals surface area contributed by atoms with E-state index in [0.717, 1.165) is 25.9 Å². The van der Waals surface area contributed by atoms with Gasteiger partial charge in [0.15, 0.2) is 0 Å². The van der Waals surface area contributed by atoms with Crippen LogP contribution in [0.5, 0.6) is 0 Å². The number of hydrogen-bond donors (Lipinski definition) is 2. The molecule has 1 heterocycles. The molecular formula is C9H16N2O. The summed E-state index contributed by atoms with van der Waals surface area (Å²) in [5.41, 5.74) is -0.326. The van der Waals surface area contributed by atoms with Crippen molar-refractivity contribution in [2.24, 2.45) is 11.3 Å². The Morgan fingerprint density at radius 2 is 2.50 bits per heavy atom. The van der Waals surface area contributed by atoms with Crippen LogP contribution in [0.3, 0.4) is 0 Å². The lowest BCUT2D eigenvalue weighted by atomic mass is 9.73. The van der Waals surface area contributed by atoms with Crippen LogP contribution in [0.4, 0.5) is 0 Å². The first-order valence-electron chi connectivity index (χ1n) is 4.48. The van der Waals surface area contributed by atoms with Crippen molar-refractivity contribution in [3.63, 3.8) is 0 Å². The lowest BCUT2D eigenvalue weighted by Crippen LogP contribution is -2.44. The van der Waals surface area contributed by atoms with Crippen LogP contribution in [0, 0.1) is 22.7 Å². The summed E-state index contributed by atoms with van der Waals surface area (Å²) in [5.74, 6) is 0.0790. The summed E-state index contributed by atoms with van der Waals surface area (Å²) in [6.07, 6.45) is 1.95. The van der Waals surface area contributed by atoms with E-state index >= 15 is 0 Å². The van der Waals surface area contributed by atoms with Gasteiger partial charge in [-0.25, -0.2) is 0 Å². The number of aliphatic hydroxyl groups excluding tert-OH is 1. The molecule has 0 aliphatic carbocycles. The molecule has 0 amide bonds. The molecule has 0 aromatic carbocycles. The number of rotatable bonds is 2. The quantitative estimate of drug-likeness (QED) is 0.631. The smallest absolute Gasteiger partial charge is 0.0745 e. The highest BCUT2D eigenvalue weighted by Crippen LogP contribution is 2.33. The fourth-order valence-corrected chi connectivity index (χ4v) is 1.73. The van der Waals surface area contributed by atoms with Crippen molar-refractivity contribution in [1.29, 1.82) is 5.26 Å². The minimum Gasteiger partial charge on any atom is -0.396 e. The Balaban J connectivity index is 2.67. The molecule has 3 heteroatoms. The van der Waals surface area contributed by atoms with Crippen molar-refractivity contribution >= 4 is 0 Å². The molecule has 0 bridgehead atoms. The summed E-state index contributed by atoms with van der Waals surface area (Å²) in [4.78, 5) is 0. The highest BCUT2D eigenvalue weighted by molar-refractivity contribution is 5.05. The molecule has 1 aliphatic heterocycles. The molecule has 0 radical (unpaired) electrons. The van der Waals surface area contributed by atoms with Crippen LogP contribution >= 0.6 is 0 Å². The minimum absolute atomic E-state index is 0.0790. The SMILES string of the molecule is CC(CO)C1(C#N)CCCNC1. The molecule has 1 rings (SSSR count). The van der Waals surface area contributed by atoms with Gasteiger partial charge in [0.05, 0.1) is 11.5 Å². The average molecular weight is 168 g/mol. The Morgan fingerprint density at radius 3 is 2.92 bits per heavy atom. The van der Waals surface area contributed by atoms with Gasteiger partial charge in [0.2, 0.25) is 0 Å². The Kier molecular flexibility index (Phi) is 3.07. The molecule has 1 aliphatic rings. The zero-order valence-electron chi connectivity index (χ0n) is 7.51. The first-order valence-corrected chi connectivity index (χ1v) is 4.48. The lowest BCUT2D eigenvalue weighted by molar-refractivity contribution is 0.120. The second kappa shape index (κ2) is 3.88. The fourth-order valence-electron chi connectivity index (χ4n) is 1.73. The normalized spacial score (nSPS) is 32.4. The van der Waals surface area contributed by atoms with E-state index in [9.17, 15) is 0 Å². The maximum Gasteiger partial charge on any atom is 0.0745 e.